The van der Waals surface area contributed by atoms with E-state index in [1.54, 1.807) is 0 Å². The number of amides is 2. The summed E-state index contributed by atoms with van der Waals surface area (Å²) >= 11 is 0. The molecule has 4 atom stereocenters. The molecule has 0 aromatic rings. The van der Waals surface area contributed by atoms with Gasteiger partial charge in [-0.3, -0.25) is 19.3 Å². The Bertz CT molecular complexity index is 454. The molecule has 0 spiro atoms. The van der Waals surface area contributed by atoms with Gasteiger partial charge in [-0.05, 0) is 31.1 Å². The highest BCUT2D eigenvalue weighted by Gasteiger charge is 2.58. The minimum Gasteiger partial charge on any atom is -0.481 e. The number of unbranched alkanes of at least 4 members (excludes halogenated alkanes) is 2. The smallest absolute Gasteiger partial charge is 0.303 e. The number of likely N-dealkylation sites (tertiary alicyclic amines) is 1. The summed E-state index contributed by atoms with van der Waals surface area (Å²) in [5.74, 6) is -0.509. The highest BCUT2D eigenvalue weighted by atomic mass is 16.4. The highest BCUT2D eigenvalue weighted by molar-refractivity contribution is 6.06. The highest BCUT2D eigenvalue weighted by Crippen LogP contribution is 2.52. The molecule has 1 N–H and O–H groups in total. The molecule has 20 heavy (non-hydrogen) atoms. The van der Waals surface area contributed by atoms with Crippen molar-refractivity contribution in [2.75, 3.05) is 6.54 Å². The molecule has 3 aliphatic rings. The average molecular weight is 277 g/mol. The summed E-state index contributed by atoms with van der Waals surface area (Å²) in [6.45, 7) is 0.448. The van der Waals surface area contributed by atoms with Gasteiger partial charge in [-0.1, -0.05) is 18.6 Å². The van der Waals surface area contributed by atoms with E-state index in [4.69, 9.17) is 5.11 Å². The van der Waals surface area contributed by atoms with Crippen LogP contribution >= 0.6 is 0 Å². The van der Waals surface area contributed by atoms with Crippen molar-refractivity contribution in [3.8, 4) is 0 Å². The Labute approximate surface area is 117 Å². The summed E-state index contributed by atoms with van der Waals surface area (Å²) in [6.07, 6.45) is 7.34. The molecule has 0 aromatic carbocycles. The van der Waals surface area contributed by atoms with Crippen LogP contribution in [0.3, 0.4) is 0 Å². The monoisotopic (exact) mass is 277 g/mol. The van der Waals surface area contributed by atoms with E-state index in [0.717, 1.165) is 12.8 Å². The first-order chi connectivity index (χ1) is 9.59. The van der Waals surface area contributed by atoms with Crippen molar-refractivity contribution >= 4 is 17.8 Å². The Morgan fingerprint density at radius 3 is 2.25 bits per heavy atom. The molecule has 2 aliphatic carbocycles. The van der Waals surface area contributed by atoms with Gasteiger partial charge in [-0.15, -0.1) is 0 Å². The zero-order valence-corrected chi connectivity index (χ0v) is 11.3. The van der Waals surface area contributed by atoms with Crippen LogP contribution in [0, 0.1) is 23.7 Å². The van der Waals surface area contributed by atoms with E-state index in [1.165, 1.54) is 4.90 Å². The Kier molecular flexibility index (Phi) is 3.36. The summed E-state index contributed by atoms with van der Waals surface area (Å²) in [6, 6.07) is 0. The van der Waals surface area contributed by atoms with Crippen molar-refractivity contribution in [1.29, 1.82) is 0 Å². The van der Waals surface area contributed by atoms with Gasteiger partial charge in [0.1, 0.15) is 0 Å². The van der Waals surface area contributed by atoms with Crippen LogP contribution < -0.4 is 0 Å². The molecule has 0 radical (unpaired) electrons. The number of rotatable bonds is 6. The van der Waals surface area contributed by atoms with Crippen molar-refractivity contribution < 1.29 is 19.5 Å². The maximum atomic E-state index is 12.3. The first-order valence-corrected chi connectivity index (χ1v) is 7.35. The summed E-state index contributed by atoms with van der Waals surface area (Å²) in [5.41, 5.74) is 0. The maximum absolute atomic E-state index is 12.3. The van der Waals surface area contributed by atoms with E-state index in [0.29, 0.717) is 19.4 Å². The number of carbonyl (C=O) groups excluding carboxylic acids is 2. The van der Waals surface area contributed by atoms with Crippen LogP contribution in [-0.4, -0.2) is 34.3 Å². The molecule has 5 heteroatoms. The molecule has 0 unspecified atom stereocenters. The number of nitrogens with zero attached hydrogens (tertiary/aromatic N) is 1. The third kappa shape index (κ3) is 2.05. The zero-order chi connectivity index (χ0) is 14.3. The number of imide groups is 1. The number of carbonyl (C=O) groups is 3. The lowest BCUT2D eigenvalue weighted by molar-refractivity contribution is -0.141. The first kappa shape index (κ1) is 13.3. The lowest BCUT2D eigenvalue weighted by atomic mass is 9.85. The second kappa shape index (κ2) is 5.04. The van der Waals surface area contributed by atoms with Gasteiger partial charge in [0, 0.05) is 13.0 Å². The van der Waals surface area contributed by atoms with Crippen LogP contribution in [0.1, 0.15) is 32.1 Å². The van der Waals surface area contributed by atoms with Gasteiger partial charge in [0.25, 0.3) is 0 Å². The van der Waals surface area contributed by atoms with Gasteiger partial charge in [0.2, 0.25) is 11.8 Å². The van der Waals surface area contributed by atoms with E-state index >= 15 is 0 Å². The second-order valence-corrected chi connectivity index (χ2v) is 6.03. The van der Waals surface area contributed by atoms with Crippen molar-refractivity contribution in [2.45, 2.75) is 32.1 Å². The number of allylic oxidation sites excluding steroid dienone is 2. The molecule has 1 heterocycles. The summed E-state index contributed by atoms with van der Waals surface area (Å²) in [5, 5.41) is 8.56. The first-order valence-electron chi connectivity index (χ1n) is 7.35. The summed E-state index contributed by atoms with van der Waals surface area (Å²) in [4.78, 5) is 36.5. The third-order valence-electron chi connectivity index (χ3n) is 4.83. The van der Waals surface area contributed by atoms with Crippen LogP contribution in [-0.2, 0) is 14.4 Å². The summed E-state index contributed by atoms with van der Waals surface area (Å²) in [7, 11) is 0. The number of fused-ring (bicyclic) bond motifs is 5. The predicted molar refractivity (Wildman–Crippen MR) is 70.5 cm³/mol. The maximum Gasteiger partial charge on any atom is 0.303 e. The Morgan fingerprint density at radius 1 is 1.10 bits per heavy atom. The molecule has 0 aromatic heterocycles. The molecule has 108 valence electrons. The number of carboxylic acids is 1. The Balaban J connectivity index is 1.53. The van der Waals surface area contributed by atoms with Crippen molar-refractivity contribution in [1.82, 2.24) is 4.90 Å². The molecular formula is C15H19NO4. The van der Waals surface area contributed by atoms with Crippen molar-refractivity contribution in [3.05, 3.63) is 12.2 Å². The number of carboxylic acid groups (broad SMARTS) is 1. The number of aliphatic carboxylic acids is 1. The fourth-order valence-corrected chi connectivity index (χ4v) is 3.91. The van der Waals surface area contributed by atoms with Gasteiger partial charge < -0.3 is 5.11 Å². The van der Waals surface area contributed by atoms with Gasteiger partial charge in [0.15, 0.2) is 0 Å². The molecule has 2 bridgehead atoms. The SMILES string of the molecule is O=C(O)CCCCCN1C(=O)[C@@H]2[C@H](C1=O)[C@@H]1C=C[C@H]2C1. The number of hydrogen-bond donors (Lipinski definition) is 1. The van der Waals surface area contributed by atoms with E-state index < -0.39 is 5.97 Å². The Morgan fingerprint density at radius 2 is 1.70 bits per heavy atom. The third-order valence-corrected chi connectivity index (χ3v) is 4.83. The fraction of sp³-hybridized carbons (Fsp3) is 0.667. The summed E-state index contributed by atoms with van der Waals surface area (Å²) < 4.78 is 0. The van der Waals surface area contributed by atoms with Crippen LogP contribution in [0.15, 0.2) is 12.2 Å². The standard InChI is InChI=1S/C15H19NO4/c17-11(18)4-2-1-3-7-16-14(19)12-9-5-6-10(8-9)13(12)15(16)20/h5-6,9-10,12-13H,1-4,7-8H2,(H,17,18)/t9-,10+,12-,13+. The quantitative estimate of drug-likeness (QED) is 0.453. The largest absolute Gasteiger partial charge is 0.481 e. The van der Waals surface area contributed by atoms with E-state index in [2.05, 4.69) is 12.2 Å². The molecule has 2 amide bonds. The topological polar surface area (TPSA) is 74.7 Å². The number of hydrogen-bond acceptors (Lipinski definition) is 3. The predicted octanol–water partition coefficient (Wildman–Crippen LogP) is 1.44. The fourth-order valence-electron chi connectivity index (χ4n) is 3.91. The van der Waals surface area contributed by atoms with Gasteiger partial charge in [-0.2, -0.15) is 0 Å². The average Bonchev–Trinajstić information content (AvgIpc) is 3.06. The van der Waals surface area contributed by atoms with Crippen LogP contribution in [0.5, 0.6) is 0 Å². The lowest BCUT2D eigenvalue weighted by Crippen LogP contribution is -2.33. The lowest BCUT2D eigenvalue weighted by Gasteiger charge is -2.16. The minimum absolute atomic E-state index is 0.00455. The molecular weight excluding hydrogens is 258 g/mol. The molecule has 3 rings (SSSR count). The molecule has 1 saturated carbocycles. The minimum atomic E-state index is -0.796. The van der Waals surface area contributed by atoms with Crippen LogP contribution in [0.25, 0.3) is 0 Å². The van der Waals surface area contributed by atoms with E-state index in [9.17, 15) is 14.4 Å². The molecule has 1 aliphatic heterocycles. The molecule has 5 nitrogen and oxygen atoms in total. The zero-order valence-electron chi connectivity index (χ0n) is 11.3. The van der Waals surface area contributed by atoms with Crippen LogP contribution in [0.4, 0.5) is 0 Å². The normalized spacial score (nSPS) is 34.1. The van der Waals surface area contributed by atoms with E-state index in [-0.39, 0.29) is 41.9 Å². The van der Waals surface area contributed by atoms with Gasteiger partial charge in [0.05, 0.1) is 11.8 Å². The van der Waals surface area contributed by atoms with Gasteiger partial charge >= 0.3 is 5.97 Å². The molecule has 1 saturated heterocycles. The second-order valence-electron chi connectivity index (χ2n) is 6.03. The van der Waals surface area contributed by atoms with Crippen molar-refractivity contribution in [3.63, 3.8) is 0 Å². The van der Waals surface area contributed by atoms with Crippen LogP contribution in [0.2, 0.25) is 0 Å². The van der Waals surface area contributed by atoms with Gasteiger partial charge in [-0.25, -0.2) is 0 Å². The van der Waals surface area contributed by atoms with Crippen molar-refractivity contribution in [2.24, 2.45) is 23.7 Å². The molecule has 2 fully saturated rings. The Hall–Kier alpha value is -1.65. The van der Waals surface area contributed by atoms with E-state index in [1.807, 2.05) is 0 Å².